The average molecular weight is 418 g/mol. The molecular weight excluding hydrogens is 411 g/mol. The number of halogens is 13. The molecule has 0 saturated heterocycles. The van der Waals surface area contributed by atoms with E-state index in [1.54, 1.807) is 0 Å². The highest BCUT2D eigenvalue weighted by atomic mass is 19.4. The van der Waals surface area contributed by atoms with Gasteiger partial charge in [-0.3, -0.25) is 0 Å². The van der Waals surface area contributed by atoms with Crippen LogP contribution in [0.5, 0.6) is 0 Å². The van der Waals surface area contributed by atoms with E-state index in [0.29, 0.717) is 0 Å². The fourth-order valence-electron chi connectivity index (χ4n) is 1.41. The highest BCUT2D eigenvalue weighted by Gasteiger charge is 2.84. The molecule has 154 valence electrons. The van der Waals surface area contributed by atoms with Crippen molar-refractivity contribution in [2.24, 2.45) is 0 Å². The molecule has 0 saturated carbocycles. The summed E-state index contributed by atoms with van der Waals surface area (Å²) in [6, 6.07) is 0. The van der Waals surface area contributed by atoms with Crippen LogP contribution in [0.3, 0.4) is 0 Å². The average Bonchev–Trinajstić information content (AvgIpc) is 2.50. The third kappa shape index (κ3) is 3.56. The zero-order valence-corrected chi connectivity index (χ0v) is 11.8. The topological polar surface area (TPSA) is 37.3 Å². The van der Waals surface area contributed by atoms with Crippen molar-refractivity contribution in [3.8, 4) is 0 Å². The summed E-state index contributed by atoms with van der Waals surface area (Å²) in [5.41, 5.74) is -2.46. The van der Waals surface area contributed by atoms with Crippen molar-refractivity contribution in [2.75, 3.05) is 0 Å². The van der Waals surface area contributed by atoms with Gasteiger partial charge >= 0.3 is 29.7 Å². The quantitative estimate of drug-likeness (QED) is 0.444. The molecule has 0 rings (SSSR count). The van der Waals surface area contributed by atoms with Crippen molar-refractivity contribution >= 4 is 5.97 Å². The van der Waals surface area contributed by atoms with Crippen LogP contribution in [-0.2, 0) is 4.79 Å². The minimum Gasteiger partial charge on any atom is -0.478 e. The summed E-state index contributed by atoms with van der Waals surface area (Å²) in [6.07, 6.45) is -19.8. The Morgan fingerprint density at radius 1 is 0.769 bits per heavy atom. The lowest BCUT2D eigenvalue weighted by molar-refractivity contribution is -0.385. The Balaban J connectivity index is 6.14. The lowest BCUT2D eigenvalue weighted by Gasteiger charge is -2.39. The zero-order chi connectivity index (χ0) is 21.5. The second-order valence-electron chi connectivity index (χ2n) is 4.77. The van der Waals surface area contributed by atoms with Crippen molar-refractivity contribution in [3.63, 3.8) is 0 Å². The van der Waals surface area contributed by atoms with Crippen LogP contribution in [0, 0.1) is 0 Å². The SMILES string of the molecule is C=C(C(=O)O)C(F)C(F)(F)C(F)(F)C(F)(F)C(F)(F)C(F)C(F)C(F)F. The van der Waals surface area contributed by atoms with Crippen LogP contribution in [0.2, 0.25) is 0 Å². The number of carboxylic acids is 1. The number of rotatable bonds is 9. The van der Waals surface area contributed by atoms with Gasteiger partial charge < -0.3 is 5.11 Å². The van der Waals surface area contributed by atoms with Gasteiger partial charge in [0.15, 0.2) is 6.17 Å². The monoisotopic (exact) mass is 418 g/mol. The van der Waals surface area contributed by atoms with E-state index in [4.69, 9.17) is 5.11 Å². The Morgan fingerprint density at radius 2 is 1.12 bits per heavy atom. The normalized spacial score (nSPS) is 17.8. The largest absolute Gasteiger partial charge is 0.478 e. The Hall–Kier alpha value is -1.70. The maximum absolute atomic E-state index is 13.2. The fraction of sp³-hybridized carbons (Fsp3) is 0.727. The van der Waals surface area contributed by atoms with Crippen molar-refractivity contribution in [3.05, 3.63) is 12.2 Å². The molecule has 3 atom stereocenters. The Kier molecular flexibility index (Phi) is 6.67. The maximum atomic E-state index is 13.2. The third-order valence-electron chi connectivity index (χ3n) is 3.00. The Morgan fingerprint density at radius 3 is 1.42 bits per heavy atom. The first-order valence-corrected chi connectivity index (χ1v) is 5.92. The van der Waals surface area contributed by atoms with E-state index in [2.05, 4.69) is 0 Å². The van der Waals surface area contributed by atoms with Gasteiger partial charge in [0.25, 0.3) is 6.43 Å². The minimum absolute atomic E-state index is 2.01. The fourth-order valence-corrected chi connectivity index (χ4v) is 1.41. The molecule has 0 heterocycles. The summed E-state index contributed by atoms with van der Waals surface area (Å²) in [7, 11) is 0. The van der Waals surface area contributed by atoms with Crippen molar-refractivity contribution < 1.29 is 67.0 Å². The van der Waals surface area contributed by atoms with Crippen LogP contribution in [0.4, 0.5) is 57.1 Å². The molecule has 2 nitrogen and oxygen atoms in total. The number of aliphatic carboxylic acids is 1. The van der Waals surface area contributed by atoms with Gasteiger partial charge in [-0.1, -0.05) is 6.58 Å². The molecule has 0 aliphatic rings. The van der Waals surface area contributed by atoms with E-state index in [9.17, 15) is 61.9 Å². The predicted octanol–water partition coefficient (Wildman–Crippen LogP) is 4.45. The van der Waals surface area contributed by atoms with Crippen LogP contribution in [0.25, 0.3) is 0 Å². The molecule has 3 unspecified atom stereocenters. The summed E-state index contributed by atoms with van der Waals surface area (Å²) in [4.78, 5) is 10.2. The third-order valence-corrected chi connectivity index (χ3v) is 3.00. The Labute approximate surface area is 135 Å². The first-order valence-electron chi connectivity index (χ1n) is 5.92. The van der Waals surface area contributed by atoms with E-state index in [1.165, 1.54) is 0 Å². The summed E-state index contributed by atoms with van der Waals surface area (Å²) >= 11 is 0. The summed E-state index contributed by atoms with van der Waals surface area (Å²) in [5.74, 6) is -32.0. The molecule has 0 fully saturated rings. The molecule has 0 aliphatic heterocycles. The first kappa shape index (κ1) is 24.3. The molecular formula is C11H7F13O2. The first-order chi connectivity index (χ1) is 11.3. The summed E-state index contributed by atoms with van der Waals surface area (Å²) in [6.45, 7) is 2.01. The van der Waals surface area contributed by atoms with Gasteiger partial charge in [0, 0.05) is 0 Å². The number of hydrogen-bond donors (Lipinski definition) is 1. The van der Waals surface area contributed by atoms with Gasteiger partial charge in [-0.2, -0.15) is 35.1 Å². The van der Waals surface area contributed by atoms with Gasteiger partial charge in [0.05, 0.1) is 5.57 Å². The van der Waals surface area contributed by atoms with Crippen LogP contribution < -0.4 is 0 Å². The highest BCUT2D eigenvalue weighted by Crippen LogP contribution is 2.56. The molecule has 1 N–H and O–H groups in total. The van der Waals surface area contributed by atoms with Crippen LogP contribution in [-0.4, -0.2) is 59.7 Å². The molecule has 0 aliphatic carbocycles. The molecule has 26 heavy (non-hydrogen) atoms. The number of carbonyl (C=O) groups is 1. The predicted molar refractivity (Wildman–Crippen MR) is 57.3 cm³/mol. The second kappa shape index (κ2) is 7.13. The molecule has 0 bridgehead atoms. The summed E-state index contributed by atoms with van der Waals surface area (Å²) in [5, 5.41) is 8.12. The van der Waals surface area contributed by atoms with Crippen LogP contribution in [0.1, 0.15) is 0 Å². The molecule has 0 aromatic heterocycles. The number of hydrogen-bond acceptors (Lipinski definition) is 1. The van der Waals surface area contributed by atoms with E-state index >= 15 is 0 Å². The maximum Gasteiger partial charge on any atom is 0.381 e. The molecule has 0 aromatic rings. The zero-order valence-electron chi connectivity index (χ0n) is 11.8. The molecule has 0 radical (unpaired) electrons. The highest BCUT2D eigenvalue weighted by molar-refractivity contribution is 5.87. The second-order valence-corrected chi connectivity index (χ2v) is 4.77. The van der Waals surface area contributed by atoms with Gasteiger partial charge in [-0.25, -0.2) is 26.7 Å². The standard InChI is InChI=1S/C11H7F13O2/c1-2(7(25)26)4(13)8(17,18)10(21,22)11(23,24)9(19,20)5(14)3(12)6(15)16/h3-6H,1H2,(H,25,26). The van der Waals surface area contributed by atoms with Crippen molar-refractivity contribution in [1.82, 2.24) is 0 Å². The van der Waals surface area contributed by atoms with Gasteiger partial charge in [0.1, 0.15) is 0 Å². The van der Waals surface area contributed by atoms with Gasteiger partial charge in [0.2, 0.25) is 12.3 Å². The van der Waals surface area contributed by atoms with E-state index in [-0.39, 0.29) is 0 Å². The molecule has 0 amide bonds. The van der Waals surface area contributed by atoms with E-state index in [1.807, 2.05) is 6.58 Å². The number of alkyl halides is 13. The van der Waals surface area contributed by atoms with Crippen LogP contribution >= 0.6 is 0 Å². The minimum atomic E-state index is -7.62. The van der Waals surface area contributed by atoms with Gasteiger partial charge in [-0.15, -0.1) is 0 Å². The van der Waals surface area contributed by atoms with Crippen molar-refractivity contribution in [2.45, 2.75) is 48.6 Å². The van der Waals surface area contributed by atoms with Crippen LogP contribution in [0.15, 0.2) is 12.2 Å². The lowest BCUT2D eigenvalue weighted by atomic mass is 9.90. The summed E-state index contributed by atoms with van der Waals surface area (Å²) < 4.78 is 168. The van der Waals surface area contributed by atoms with Gasteiger partial charge in [-0.05, 0) is 0 Å². The molecule has 0 aromatic carbocycles. The Bertz CT molecular complexity index is 544. The molecule has 0 spiro atoms. The number of carboxylic acid groups (broad SMARTS) is 1. The van der Waals surface area contributed by atoms with E-state index < -0.39 is 60.2 Å². The van der Waals surface area contributed by atoms with E-state index in [0.717, 1.165) is 0 Å². The lowest BCUT2D eigenvalue weighted by Crippen LogP contribution is -2.68. The molecule has 15 heteroatoms. The van der Waals surface area contributed by atoms with Crippen molar-refractivity contribution in [1.29, 1.82) is 0 Å². The smallest absolute Gasteiger partial charge is 0.381 e.